The lowest BCUT2D eigenvalue weighted by Crippen LogP contribution is -2.51. The van der Waals surface area contributed by atoms with E-state index in [1.54, 1.807) is 39.5 Å². The first-order valence-electron chi connectivity index (χ1n) is 12.4. The molecule has 2 saturated heterocycles. The van der Waals surface area contributed by atoms with Crippen LogP contribution in [0.15, 0.2) is 30.3 Å². The molecule has 3 rings (SSSR count). The van der Waals surface area contributed by atoms with E-state index in [1.807, 2.05) is 30.3 Å². The molecule has 2 unspecified atom stereocenters. The van der Waals surface area contributed by atoms with E-state index >= 15 is 0 Å². The Bertz CT molecular complexity index is 931. The van der Waals surface area contributed by atoms with Crippen molar-refractivity contribution in [2.75, 3.05) is 19.8 Å². The topological polar surface area (TPSA) is 110 Å². The van der Waals surface area contributed by atoms with Crippen LogP contribution in [-0.4, -0.2) is 72.5 Å². The molecule has 0 aliphatic carbocycles. The fraction of sp³-hybridized carbons (Fsp3) is 0.680. The van der Waals surface area contributed by atoms with E-state index in [0.29, 0.717) is 0 Å². The van der Waals surface area contributed by atoms with E-state index in [-0.39, 0.29) is 38.8 Å². The number of nitrogens with zero attached hydrogens (tertiary/aromatic N) is 1. The minimum absolute atomic E-state index is 0.0638. The molecule has 10 nitrogen and oxygen atoms in total. The molecule has 0 radical (unpaired) electrons. The molecule has 0 bridgehead atoms. The lowest BCUT2D eigenvalue weighted by molar-refractivity contribution is -0.213. The second-order valence-electron chi connectivity index (χ2n) is 9.13. The Labute approximate surface area is 213 Å². The van der Waals surface area contributed by atoms with E-state index in [1.165, 1.54) is 6.92 Å². The Hall–Kier alpha value is -1.81. The highest BCUT2D eigenvalue weighted by molar-refractivity contribution is 7.55. The number of esters is 1. The van der Waals surface area contributed by atoms with Crippen LogP contribution in [-0.2, 0) is 48.8 Å². The van der Waals surface area contributed by atoms with Gasteiger partial charge >= 0.3 is 13.6 Å². The fourth-order valence-electron chi connectivity index (χ4n) is 4.95. The summed E-state index contributed by atoms with van der Waals surface area (Å²) in [5, 5.41) is 0. The SMILES string of the molecule is CCOC(=O)C(C[C@H]1O[C@@H](OCc2ccccc2)[C@@H]2OC(C)(C)N(C(C)=O)C21)P(=O)(OCC)OCC. The zero-order chi connectivity index (χ0) is 26.5. The quantitative estimate of drug-likeness (QED) is 0.296. The maximum absolute atomic E-state index is 13.7. The molecule has 0 spiro atoms. The van der Waals surface area contributed by atoms with Crippen LogP contribution in [0.4, 0.5) is 0 Å². The van der Waals surface area contributed by atoms with Crippen molar-refractivity contribution < 1.29 is 42.1 Å². The summed E-state index contributed by atoms with van der Waals surface area (Å²) in [4.78, 5) is 27.3. The van der Waals surface area contributed by atoms with E-state index in [9.17, 15) is 14.2 Å². The van der Waals surface area contributed by atoms with Crippen molar-refractivity contribution in [3.63, 3.8) is 0 Å². The van der Waals surface area contributed by atoms with Gasteiger partial charge in [-0.25, -0.2) is 0 Å². The summed E-state index contributed by atoms with van der Waals surface area (Å²) >= 11 is 0. The normalized spacial score (nSPS) is 26.0. The predicted molar refractivity (Wildman–Crippen MR) is 131 cm³/mol. The summed E-state index contributed by atoms with van der Waals surface area (Å²) in [6.45, 7) is 10.6. The van der Waals surface area contributed by atoms with Crippen molar-refractivity contribution in [1.29, 1.82) is 0 Å². The smallest absolute Gasteiger partial charge is 0.344 e. The Balaban J connectivity index is 1.93. The second-order valence-corrected chi connectivity index (χ2v) is 11.3. The van der Waals surface area contributed by atoms with Crippen LogP contribution in [0.5, 0.6) is 0 Å². The van der Waals surface area contributed by atoms with E-state index < -0.39 is 49.5 Å². The van der Waals surface area contributed by atoms with Crippen molar-refractivity contribution in [2.45, 2.75) is 90.5 Å². The average molecular weight is 528 g/mol. The molecule has 2 heterocycles. The van der Waals surface area contributed by atoms with Gasteiger partial charge in [0.05, 0.1) is 38.6 Å². The summed E-state index contributed by atoms with van der Waals surface area (Å²) in [5.74, 6) is -0.917. The third kappa shape index (κ3) is 6.18. The lowest BCUT2D eigenvalue weighted by Gasteiger charge is -2.36. The molecule has 1 aromatic rings. The number of fused-ring (bicyclic) bond motifs is 1. The minimum Gasteiger partial charge on any atom is -0.465 e. The van der Waals surface area contributed by atoms with Crippen LogP contribution in [0.3, 0.4) is 0 Å². The number of amides is 1. The predicted octanol–water partition coefficient (Wildman–Crippen LogP) is 3.87. The molecule has 1 aromatic carbocycles. The van der Waals surface area contributed by atoms with E-state index in [4.69, 9.17) is 28.0 Å². The molecule has 2 aliphatic heterocycles. The summed E-state index contributed by atoms with van der Waals surface area (Å²) < 4.78 is 48.5. The van der Waals surface area contributed by atoms with Crippen molar-refractivity contribution >= 4 is 19.5 Å². The zero-order valence-electron chi connectivity index (χ0n) is 21.9. The van der Waals surface area contributed by atoms with Gasteiger partial charge in [-0.3, -0.25) is 14.2 Å². The van der Waals surface area contributed by atoms with Gasteiger partial charge in [-0.2, -0.15) is 0 Å². The minimum atomic E-state index is -3.90. The van der Waals surface area contributed by atoms with E-state index in [2.05, 4.69) is 0 Å². The number of carbonyl (C=O) groups is 2. The third-order valence-corrected chi connectivity index (χ3v) is 8.63. The molecule has 0 saturated carbocycles. The van der Waals surface area contributed by atoms with Gasteiger partial charge in [-0.15, -0.1) is 0 Å². The van der Waals surface area contributed by atoms with Crippen LogP contribution in [0.1, 0.15) is 53.5 Å². The average Bonchev–Trinajstić information content (AvgIpc) is 3.28. The number of hydrogen-bond donors (Lipinski definition) is 0. The van der Waals surface area contributed by atoms with E-state index in [0.717, 1.165) is 5.56 Å². The van der Waals surface area contributed by atoms with Gasteiger partial charge in [-0.1, -0.05) is 30.3 Å². The summed E-state index contributed by atoms with van der Waals surface area (Å²) in [7, 11) is -3.90. The van der Waals surface area contributed by atoms with Gasteiger partial charge in [-0.05, 0) is 40.2 Å². The van der Waals surface area contributed by atoms with Gasteiger partial charge in [0, 0.05) is 13.3 Å². The van der Waals surface area contributed by atoms with Crippen molar-refractivity contribution in [3.8, 4) is 0 Å². The fourth-order valence-corrected chi connectivity index (χ4v) is 6.90. The number of benzene rings is 1. The highest BCUT2D eigenvalue weighted by Gasteiger charge is 2.61. The second kappa shape index (κ2) is 12.2. The lowest BCUT2D eigenvalue weighted by atomic mass is 10.0. The maximum atomic E-state index is 13.7. The van der Waals surface area contributed by atoms with Crippen molar-refractivity contribution in [3.05, 3.63) is 35.9 Å². The molecule has 2 fully saturated rings. The van der Waals surface area contributed by atoms with Crippen molar-refractivity contribution in [1.82, 2.24) is 4.90 Å². The molecular weight excluding hydrogens is 489 g/mol. The summed E-state index contributed by atoms with van der Waals surface area (Å²) in [6, 6.07) is 9.03. The highest BCUT2D eigenvalue weighted by atomic mass is 31.2. The highest BCUT2D eigenvalue weighted by Crippen LogP contribution is 2.56. The Morgan fingerprint density at radius 2 is 1.72 bits per heavy atom. The summed E-state index contributed by atoms with van der Waals surface area (Å²) in [6.07, 6.45) is -2.24. The first-order valence-corrected chi connectivity index (χ1v) is 14.0. The van der Waals surface area contributed by atoms with Gasteiger partial charge in [0.2, 0.25) is 5.91 Å². The van der Waals surface area contributed by atoms with Gasteiger partial charge in [0.15, 0.2) is 11.9 Å². The number of ether oxygens (including phenoxy) is 4. The molecule has 0 aromatic heterocycles. The van der Waals surface area contributed by atoms with Crippen LogP contribution in [0.2, 0.25) is 0 Å². The van der Waals surface area contributed by atoms with Crippen LogP contribution < -0.4 is 0 Å². The standard InChI is InChI=1S/C25H38NO9P/c1-7-30-23(28)20(36(29,32-8-2)33-9-3)15-19-21-22(35-25(5,6)26(21)17(4)27)24(34-19)31-16-18-13-11-10-12-14-18/h10-14,19-22,24H,7-9,15-16H2,1-6H3/t19-,20?,21?,22-,24-/m1/s1. The molecule has 11 heteroatoms. The molecule has 0 N–H and O–H groups in total. The Kier molecular flexibility index (Phi) is 9.71. The molecule has 202 valence electrons. The Morgan fingerprint density at radius 3 is 2.28 bits per heavy atom. The van der Waals surface area contributed by atoms with Crippen LogP contribution in [0.25, 0.3) is 0 Å². The third-order valence-electron chi connectivity index (χ3n) is 6.21. The number of rotatable bonds is 12. The Morgan fingerprint density at radius 1 is 1.08 bits per heavy atom. The largest absolute Gasteiger partial charge is 0.465 e. The van der Waals surface area contributed by atoms with Gasteiger partial charge in [0.1, 0.15) is 11.8 Å². The molecule has 1 amide bonds. The monoisotopic (exact) mass is 527 g/mol. The molecule has 5 atom stereocenters. The number of hydrogen-bond acceptors (Lipinski definition) is 9. The first-order chi connectivity index (χ1) is 17.1. The van der Waals surface area contributed by atoms with Crippen LogP contribution >= 0.6 is 7.60 Å². The van der Waals surface area contributed by atoms with Crippen LogP contribution in [0, 0.1) is 0 Å². The maximum Gasteiger partial charge on any atom is 0.344 e. The van der Waals surface area contributed by atoms with Crippen molar-refractivity contribution in [2.24, 2.45) is 0 Å². The first kappa shape index (κ1) is 28.8. The molecule has 2 aliphatic rings. The van der Waals surface area contributed by atoms with Gasteiger partial charge < -0.3 is 32.9 Å². The number of carbonyl (C=O) groups excluding carboxylic acids is 2. The summed E-state index contributed by atoms with van der Waals surface area (Å²) in [5.41, 5.74) is -1.22. The molecule has 36 heavy (non-hydrogen) atoms. The van der Waals surface area contributed by atoms with Gasteiger partial charge in [0.25, 0.3) is 0 Å². The molecular formula is C25H38NO9P. The zero-order valence-corrected chi connectivity index (χ0v) is 22.8.